The second kappa shape index (κ2) is 4.95. The molecule has 2 aromatic carbocycles. The summed E-state index contributed by atoms with van der Waals surface area (Å²) in [6.07, 6.45) is 3.72. The zero-order valence-corrected chi connectivity index (χ0v) is 10.6. The number of benzene rings is 2. The zero-order valence-electron chi connectivity index (χ0n) is 10.6. The minimum Gasteiger partial charge on any atom is -0.330 e. The largest absolute Gasteiger partial charge is 0.330 e. The third-order valence-electron chi connectivity index (χ3n) is 3.98. The Kier molecular flexibility index (Phi) is 3.16. The van der Waals surface area contributed by atoms with Gasteiger partial charge in [0, 0.05) is 0 Å². The lowest BCUT2D eigenvalue weighted by atomic mass is 9.81. The van der Waals surface area contributed by atoms with E-state index in [1.165, 1.54) is 41.5 Å². The average molecular weight is 237 g/mol. The highest BCUT2D eigenvalue weighted by Gasteiger charge is 2.19. The van der Waals surface area contributed by atoms with E-state index in [0.29, 0.717) is 5.92 Å². The summed E-state index contributed by atoms with van der Waals surface area (Å²) in [6, 6.07) is 17.5. The van der Waals surface area contributed by atoms with Gasteiger partial charge < -0.3 is 5.73 Å². The lowest BCUT2D eigenvalue weighted by Gasteiger charge is -2.25. The lowest BCUT2D eigenvalue weighted by Crippen LogP contribution is -2.18. The molecule has 0 aromatic heterocycles. The SMILES string of the molecule is NCC1CCCc2ccc(-c3ccccc3)cc21. The van der Waals surface area contributed by atoms with Crippen molar-refractivity contribution in [2.24, 2.45) is 5.73 Å². The van der Waals surface area contributed by atoms with E-state index in [9.17, 15) is 0 Å². The van der Waals surface area contributed by atoms with Crippen LogP contribution < -0.4 is 5.73 Å². The molecule has 0 spiro atoms. The van der Waals surface area contributed by atoms with E-state index in [-0.39, 0.29) is 0 Å². The third kappa shape index (κ3) is 2.06. The van der Waals surface area contributed by atoms with Crippen LogP contribution in [0.4, 0.5) is 0 Å². The molecule has 0 heterocycles. The van der Waals surface area contributed by atoms with Crippen molar-refractivity contribution < 1.29 is 0 Å². The first-order valence-corrected chi connectivity index (χ1v) is 6.77. The van der Waals surface area contributed by atoms with Gasteiger partial charge in [-0.3, -0.25) is 0 Å². The Morgan fingerprint density at radius 3 is 2.61 bits per heavy atom. The van der Waals surface area contributed by atoms with Gasteiger partial charge in [0.15, 0.2) is 0 Å². The molecule has 0 aliphatic heterocycles. The molecule has 1 unspecified atom stereocenters. The smallest absolute Gasteiger partial charge is 0.000813 e. The fraction of sp³-hybridized carbons (Fsp3) is 0.294. The van der Waals surface area contributed by atoms with Crippen molar-refractivity contribution in [2.45, 2.75) is 25.2 Å². The molecule has 18 heavy (non-hydrogen) atoms. The van der Waals surface area contributed by atoms with Gasteiger partial charge in [0.25, 0.3) is 0 Å². The first-order valence-electron chi connectivity index (χ1n) is 6.77. The Morgan fingerprint density at radius 2 is 1.83 bits per heavy atom. The summed E-state index contributed by atoms with van der Waals surface area (Å²) < 4.78 is 0. The summed E-state index contributed by atoms with van der Waals surface area (Å²) in [6.45, 7) is 0.769. The van der Waals surface area contributed by atoms with Crippen LogP contribution in [-0.2, 0) is 6.42 Å². The predicted molar refractivity (Wildman–Crippen MR) is 76.6 cm³/mol. The Hall–Kier alpha value is -1.60. The molecule has 0 bridgehead atoms. The number of rotatable bonds is 2. The normalized spacial score (nSPS) is 18.4. The highest BCUT2D eigenvalue weighted by molar-refractivity contribution is 5.65. The minimum atomic E-state index is 0.553. The Balaban J connectivity index is 2.04. The van der Waals surface area contributed by atoms with Crippen LogP contribution in [0.5, 0.6) is 0 Å². The first-order chi connectivity index (χ1) is 8.88. The summed E-state index contributed by atoms with van der Waals surface area (Å²) in [5.74, 6) is 0.553. The van der Waals surface area contributed by atoms with Crippen LogP contribution in [0, 0.1) is 0 Å². The molecule has 0 saturated carbocycles. The Morgan fingerprint density at radius 1 is 1.00 bits per heavy atom. The molecular weight excluding hydrogens is 218 g/mol. The molecule has 0 radical (unpaired) electrons. The number of hydrogen-bond donors (Lipinski definition) is 1. The molecular formula is C17H19N. The number of fused-ring (bicyclic) bond motifs is 1. The maximum Gasteiger partial charge on any atom is -0.000813 e. The molecule has 92 valence electrons. The molecule has 0 amide bonds. The molecule has 1 aliphatic rings. The Labute approximate surface area is 109 Å². The number of hydrogen-bond acceptors (Lipinski definition) is 1. The van der Waals surface area contributed by atoms with Crippen molar-refractivity contribution >= 4 is 0 Å². The van der Waals surface area contributed by atoms with Crippen LogP contribution in [0.25, 0.3) is 11.1 Å². The van der Waals surface area contributed by atoms with E-state index in [2.05, 4.69) is 48.5 Å². The van der Waals surface area contributed by atoms with Crippen molar-refractivity contribution in [2.75, 3.05) is 6.54 Å². The summed E-state index contributed by atoms with van der Waals surface area (Å²) in [5.41, 5.74) is 11.5. The molecule has 2 aromatic rings. The average Bonchev–Trinajstić information content (AvgIpc) is 2.47. The van der Waals surface area contributed by atoms with Crippen molar-refractivity contribution in [1.29, 1.82) is 0 Å². The van der Waals surface area contributed by atoms with Gasteiger partial charge in [-0.2, -0.15) is 0 Å². The standard InChI is InChI=1S/C17H19N/c18-12-16-8-4-7-14-9-10-15(11-17(14)16)13-5-2-1-3-6-13/h1-3,5-6,9-11,16H,4,7-8,12,18H2. The van der Waals surface area contributed by atoms with Crippen LogP contribution in [-0.4, -0.2) is 6.54 Å². The van der Waals surface area contributed by atoms with Gasteiger partial charge in [0.2, 0.25) is 0 Å². The predicted octanol–water partition coefficient (Wildman–Crippen LogP) is 3.73. The van der Waals surface area contributed by atoms with E-state index in [1.807, 2.05) is 0 Å². The fourth-order valence-electron chi connectivity index (χ4n) is 2.95. The second-order valence-corrected chi connectivity index (χ2v) is 5.10. The van der Waals surface area contributed by atoms with Crippen LogP contribution in [0.1, 0.15) is 29.9 Å². The monoisotopic (exact) mass is 237 g/mol. The van der Waals surface area contributed by atoms with Gasteiger partial charge in [0.05, 0.1) is 0 Å². The van der Waals surface area contributed by atoms with E-state index in [0.717, 1.165) is 6.54 Å². The molecule has 2 N–H and O–H groups in total. The molecule has 0 fully saturated rings. The molecule has 3 rings (SSSR count). The highest BCUT2D eigenvalue weighted by atomic mass is 14.6. The van der Waals surface area contributed by atoms with Crippen molar-refractivity contribution in [3.63, 3.8) is 0 Å². The van der Waals surface area contributed by atoms with Gasteiger partial charge in [-0.1, -0.05) is 48.5 Å². The van der Waals surface area contributed by atoms with E-state index in [1.54, 1.807) is 0 Å². The summed E-state index contributed by atoms with van der Waals surface area (Å²) >= 11 is 0. The number of nitrogens with two attached hydrogens (primary N) is 1. The maximum atomic E-state index is 5.91. The van der Waals surface area contributed by atoms with Crippen molar-refractivity contribution in [1.82, 2.24) is 0 Å². The molecule has 0 saturated heterocycles. The van der Waals surface area contributed by atoms with Crippen molar-refractivity contribution in [3.8, 4) is 11.1 Å². The molecule has 1 atom stereocenters. The van der Waals surface area contributed by atoms with E-state index < -0.39 is 0 Å². The van der Waals surface area contributed by atoms with E-state index >= 15 is 0 Å². The quantitative estimate of drug-likeness (QED) is 0.846. The van der Waals surface area contributed by atoms with Crippen LogP contribution >= 0.6 is 0 Å². The topological polar surface area (TPSA) is 26.0 Å². The van der Waals surface area contributed by atoms with Gasteiger partial charge in [0.1, 0.15) is 0 Å². The molecule has 1 heteroatoms. The van der Waals surface area contributed by atoms with Gasteiger partial charge in [-0.15, -0.1) is 0 Å². The molecule has 1 nitrogen and oxygen atoms in total. The highest BCUT2D eigenvalue weighted by Crippen LogP contribution is 2.33. The van der Waals surface area contributed by atoms with E-state index in [4.69, 9.17) is 5.73 Å². The summed E-state index contributed by atoms with van der Waals surface area (Å²) in [7, 11) is 0. The first kappa shape index (κ1) is 11.5. The molecule has 1 aliphatic carbocycles. The maximum absolute atomic E-state index is 5.91. The van der Waals surface area contributed by atoms with Crippen molar-refractivity contribution in [3.05, 3.63) is 59.7 Å². The Bertz CT molecular complexity index is 531. The minimum absolute atomic E-state index is 0.553. The summed E-state index contributed by atoms with van der Waals surface area (Å²) in [5, 5.41) is 0. The van der Waals surface area contributed by atoms with Gasteiger partial charge in [-0.25, -0.2) is 0 Å². The fourth-order valence-corrected chi connectivity index (χ4v) is 2.95. The summed E-state index contributed by atoms with van der Waals surface area (Å²) in [4.78, 5) is 0. The number of aryl methyl sites for hydroxylation is 1. The van der Waals surface area contributed by atoms with Gasteiger partial charge >= 0.3 is 0 Å². The van der Waals surface area contributed by atoms with Gasteiger partial charge in [-0.05, 0) is 54.0 Å². The van der Waals surface area contributed by atoms with Crippen LogP contribution in [0.2, 0.25) is 0 Å². The van der Waals surface area contributed by atoms with Crippen LogP contribution in [0.3, 0.4) is 0 Å². The lowest BCUT2D eigenvalue weighted by molar-refractivity contribution is 0.561. The van der Waals surface area contributed by atoms with Crippen LogP contribution in [0.15, 0.2) is 48.5 Å². The second-order valence-electron chi connectivity index (χ2n) is 5.10. The third-order valence-corrected chi connectivity index (χ3v) is 3.98. The zero-order chi connectivity index (χ0) is 12.4.